The summed E-state index contributed by atoms with van der Waals surface area (Å²) in [5, 5.41) is 15.2. The molecule has 3 rings (SSSR count). The first kappa shape index (κ1) is 25.1. The van der Waals surface area contributed by atoms with E-state index in [-0.39, 0.29) is 0 Å². The third-order valence-electron chi connectivity index (χ3n) is 4.58. The highest BCUT2D eigenvalue weighted by molar-refractivity contribution is 6.30. The molecule has 3 N–H and O–H groups in total. The number of halogens is 1. The first-order chi connectivity index (χ1) is 16.1. The lowest BCUT2D eigenvalue weighted by atomic mass is 10.1. The van der Waals surface area contributed by atoms with Crippen LogP contribution in [0.25, 0.3) is 11.1 Å². The van der Waals surface area contributed by atoms with Crippen molar-refractivity contribution >= 4 is 29.3 Å². The Kier molecular flexibility index (Phi) is 8.15. The maximum absolute atomic E-state index is 12.4. The number of hydrogen-bond donors (Lipinski definition) is 3. The van der Waals surface area contributed by atoms with Crippen LogP contribution in [0.5, 0.6) is 11.5 Å². The van der Waals surface area contributed by atoms with E-state index in [0.717, 1.165) is 11.1 Å². The smallest absolute Gasteiger partial charge is 0.408 e. The number of alkyl carbamates (subject to hydrolysis) is 1. The van der Waals surface area contributed by atoms with Crippen LogP contribution in [0.3, 0.4) is 0 Å². The molecule has 0 aliphatic heterocycles. The minimum Gasteiger partial charge on any atom is -0.457 e. The predicted octanol–water partition coefficient (Wildman–Crippen LogP) is 5.62. The van der Waals surface area contributed by atoms with Gasteiger partial charge in [-0.2, -0.15) is 0 Å². The predicted molar refractivity (Wildman–Crippen MR) is 132 cm³/mol. The Balaban J connectivity index is 1.56. The van der Waals surface area contributed by atoms with Gasteiger partial charge in [0.05, 0.1) is 6.61 Å². The number of benzene rings is 3. The standard InChI is InChI=1S/C26H27ClN2O5/c1-26(2,3)34-25(32)29-23(16-30)24(31)28-20-10-14-22(15-11-20)33-21-12-6-18(7-13-21)17-4-8-19(27)9-5-17/h4-15,23,30H,16H2,1-3H3,(H,28,31)(H,29,32)/t23-/m0/s1. The molecule has 0 aliphatic carbocycles. The van der Waals surface area contributed by atoms with Crippen LogP contribution in [0.2, 0.25) is 5.02 Å². The van der Waals surface area contributed by atoms with Gasteiger partial charge in [-0.15, -0.1) is 0 Å². The molecule has 1 atom stereocenters. The van der Waals surface area contributed by atoms with Gasteiger partial charge in [-0.1, -0.05) is 35.9 Å². The molecule has 0 radical (unpaired) electrons. The van der Waals surface area contributed by atoms with Crippen molar-refractivity contribution in [1.82, 2.24) is 5.32 Å². The normalized spacial score (nSPS) is 11.9. The second-order valence-corrected chi connectivity index (χ2v) is 8.96. The van der Waals surface area contributed by atoms with Gasteiger partial charge < -0.3 is 25.2 Å². The van der Waals surface area contributed by atoms with Crippen molar-refractivity contribution in [3.63, 3.8) is 0 Å². The number of carbonyl (C=O) groups excluding carboxylic acids is 2. The van der Waals surface area contributed by atoms with Crippen LogP contribution in [0.4, 0.5) is 10.5 Å². The minimum atomic E-state index is -1.15. The van der Waals surface area contributed by atoms with Crippen molar-refractivity contribution in [3.05, 3.63) is 77.8 Å². The number of hydrogen-bond acceptors (Lipinski definition) is 5. The third-order valence-corrected chi connectivity index (χ3v) is 4.83. The molecule has 8 heteroatoms. The second kappa shape index (κ2) is 11.0. The van der Waals surface area contributed by atoms with E-state index in [2.05, 4.69) is 10.6 Å². The van der Waals surface area contributed by atoms with E-state index in [1.807, 2.05) is 48.5 Å². The molecule has 0 bridgehead atoms. The molecule has 34 heavy (non-hydrogen) atoms. The molecule has 0 heterocycles. The first-order valence-electron chi connectivity index (χ1n) is 10.7. The van der Waals surface area contributed by atoms with Gasteiger partial charge in [0.25, 0.3) is 0 Å². The van der Waals surface area contributed by atoms with Gasteiger partial charge in [0.2, 0.25) is 5.91 Å². The van der Waals surface area contributed by atoms with E-state index < -0.39 is 30.3 Å². The van der Waals surface area contributed by atoms with E-state index >= 15 is 0 Å². The van der Waals surface area contributed by atoms with Crippen LogP contribution in [0.1, 0.15) is 20.8 Å². The number of anilines is 1. The van der Waals surface area contributed by atoms with E-state index in [1.54, 1.807) is 45.0 Å². The minimum absolute atomic E-state index is 0.486. The summed E-state index contributed by atoms with van der Waals surface area (Å²) in [6.07, 6.45) is -0.785. The Morgan fingerprint density at radius 1 is 0.882 bits per heavy atom. The van der Waals surface area contributed by atoms with Gasteiger partial charge >= 0.3 is 6.09 Å². The maximum Gasteiger partial charge on any atom is 0.408 e. The monoisotopic (exact) mass is 482 g/mol. The van der Waals surface area contributed by atoms with Crippen molar-refractivity contribution in [1.29, 1.82) is 0 Å². The number of carbonyl (C=O) groups is 2. The highest BCUT2D eigenvalue weighted by Gasteiger charge is 2.23. The molecule has 0 unspecified atom stereocenters. The number of amides is 2. The fourth-order valence-corrected chi connectivity index (χ4v) is 3.10. The second-order valence-electron chi connectivity index (χ2n) is 8.53. The zero-order valence-corrected chi connectivity index (χ0v) is 19.9. The first-order valence-corrected chi connectivity index (χ1v) is 11.1. The molecular formula is C26H27ClN2O5. The molecular weight excluding hydrogens is 456 g/mol. The molecule has 178 valence electrons. The van der Waals surface area contributed by atoms with Gasteiger partial charge in [-0.3, -0.25) is 4.79 Å². The average molecular weight is 483 g/mol. The lowest BCUT2D eigenvalue weighted by Crippen LogP contribution is -2.47. The SMILES string of the molecule is CC(C)(C)OC(=O)N[C@@H](CO)C(=O)Nc1ccc(Oc2ccc(-c3ccc(Cl)cc3)cc2)cc1. The lowest BCUT2D eigenvalue weighted by molar-refractivity contribution is -0.119. The highest BCUT2D eigenvalue weighted by atomic mass is 35.5. The summed E-state index contributed by atoms with van der Waals surface area (Å²) >= 11 is 5.94. The molecule has 0 saturated heterocycles. The zero-order chi connectivity index (χ0) is 24.7. The van der Waals surface area contributed by atoms with Crippen LogP contribution >= 0.6 is 11.6 Å². The Morgan fingerprint density at radius 3 is 1.88 bits per heavy atom. The molecule has 3 aromatic carbocycles. The van der Waals surface area contributed by atoms with Gasteiger partial charge in [0.1, 0.15) is 23.1 Å². The van der Waals surface area contributed by atoms with E-state index in [9.17, 15) is 14.7 Å². The summed E-state index contributed by atoms with van der Waals surface area (Å²) in [7, 11) is 0. The Morgan fingerprint density at radius 2 is 1.38 bits per heavy atom. The molecule has 0 spiro atoms. The van der Waals surface area contributed by atoms with Crippen molar-refractivity contribution < 1.29 is 24.2 Å². The van der Waals surface area contributed by atoms with Gasteiger partial charge in [0.15, 0.2) is 0 Å². The van der Waals surface area contributed by atoms with Gasteiger partial charge in [0, 0.05) is 10.7 Å². The van der Waals surface area contributed by atoms with Crippen LogP contribution in [0, 0.1) is 0 Å². The van der Waals surface area contributed by atoms with Crippen LogP contribution in [0.15, 0.2) is 72.8 Å². The third kappa shape index (κ3) is 7.50. The molecule has 0 saturated carbocycles. The van der Waals surface area contributed by atoms with Gasteiger partial charge in [-0.25, -0.2) is 4.79 Å². The highest BCUT2D eigenvalue weighted by Crippen LogP contribution is 2.27. The van der Waals surface area contributed by atoms with Crippen molar-refractivity contribution in [2.75, 3.05) is 11.9 Å². The Labute approximate surface area is 203 Å². The molecule has 7 nitrogen and oxygen atoms in total. The summed E-state index contributed by atoms with van der Waals surface area (Å²) in [6.45, 7) is 4.55. The van der Waals surface area contributed by atoms with Gasteiger partial charge in [-0.05, 0) is 80.4 Å². The van der Waals surface area contributed by atoms with Crippen LogP contribution in [-0.4, -0.2) is 35.4 Å². The summed E-state index contributed by atoms with van der Waals surface area (Å²) in [6, 6.07) is 20.8. The Bertz CT molecular complexity index is 1110. The quantitative estimate of drug-likeness (QED) is 0.406. The van der Waals surface area contributed by atoms with Crippen molar-refractivity contribution in [2.24, 2.45) is 0 Å². The van der Waals surface area contributed by atoms with Crippen LogP contribution in [-0.2, 0) is 9.53 Å². The van der Waals surface area contributed by atoms with E-state index in [4.69, 9.17) is 21.1 Å². The zero-order valence-electron chi connectivity index (χ0n) is 19.2. The molecule has 0 fully saturated rings. The average Bonchev–Trinajstić information content (AvgIpc) is 2.78. The summed E-state index contributed by atoms with van der Waals surface area (Å²) in [5.41, 5.74) is 1.87. The number of aliphatic hydroxyl groups excluding tert-OH is 1. The number of nitrogens with one attached hydrogen (secondary N) is 2. The van der Waals surface area contributed by atoms with E-state index in [1.165, 1.54) is 0 Å². The fourth-order valence-electron chi connectivity index (χ4n) is 2.97. The lowest BCUT2D eigenvalue weighted by Gasteiger charge is -2.22. The topological polar surface area (TPSA) is 96.9 Å². The summed E-state index contributed by atoms with van der Waals surface area (Å²) in [5.74, 6) is 0.680. The Hall–Kier alpha value is -3.55. The summed E-state index contributed by atoms with van der Waals surface area (Å²) in [4.78, 5) is 24.3. The largest absolute Gasteiger partial charge is 0.457 e. The van der Waals surface area contributed by atoms with Crippen molar-refractivity contribution in [2.45, 2.75) is 32.4 Å². The molecule has 0 aliphatic rings. The number of rotatable bonds is 7. The summed E-state index contributed by atoms with van der Waals surface area (Å²) < 4.78 is 11.0. The number of ether oxygens (including phenoxy) is 2. The van der Waals surface area contributed by atoms with Crippen molar-refractivity contribution in [3.8, 4) is 22.6 Å². The number of aliphatic hydroxyl groups is 1. The maximum atomic E-state index is 12.4. The van der Waals surface area contributed by atoms with Crippen LogP contribution < -0.4 is 15.4 Å². The molecule has 0 aromatic heterocycles. The molecule has 2 amide bonds. The fraction of sp³-hybridized carbons (Fsp3) is 0.231. The molecule has 3 aromatic rings. The van der Waals surface area contributed by atoms with E-state index in [0.29, 0.717) is 22.2 Å².